The minimum atomic E-state index is -1.27. The summed E-state index contributed by atoms with van der Waals surface area (Å²) < 4.78 is 0. The smallest absolute Gasteiger partial charge is 0.372 e. The van der Waals surface area contributed by atoms with Gasteiger partial charge in [-0.1, -0.05) is 13.3 Å². The molecule has 0 saturated heterocycles. The Kier molecular flexibility index (Phi) is 2.84. The number of ketones is 1. The summed E-state index contributed by atoms with van der Waals surface area (Å²) in [7, 11) is 0. The lowest BCUT2D eigenvalue weighted by Crippen LogP contribution is -2.32. The molecule has 0 aromatic carbocycles. The Bertz CT molecular complexity index is 194. The summed E-state index contributed by atoms with van der Waals surface area (Å²) in [6.45, 7) is 1.88. The summed E-state index contributed by atoms with van der Waals surface area (Å²) in [6.07, 6.45) is 3.86. The van der Waals surface area contributed by atoms with Crippen molar-refractivity contribution in [1.82, 2.24) is 0 Å². The standard InChI is InChI=1S/C9H14O3/c1-2-7(6-4-3-5-6)8(10)9(11)12/h6-7H,2-5H2,1H3,(H,11,12). The van der Waals surface area contributed by atoms with E-state index in [1.54, 1.807) is 0 Å². The molecule has 1 fully saturated rings. The summed E-state index contributed by atoms with van der Waals surface area (Å²) in [5.41, 5.74) is 0. The van der Waals surface area contributed by atoms with E-state index in [9.17, 15) is 9.59 Å². The largest absolute Gasteiger partial charge is 0.475 e. The van der Waals surface area contributed by atoms with Crippen molar-refractivity contribution in [3.63, 3.8) is 0 Å². The number of hydrogen-bond acceptors (Lipinski definition) is 2. The molecule has 1 unspecified atom stereocenters. The Morgan fingerprint density at radius 2 is 2.08 bits per heavy atom. The molecule has 68 valence electrons. The van der Waals surface area contributed by atoms with Crippen molar-refractivity contribution in [3.8, 4) is 0 Å². The topological polar surface area (TPSA) is 54.4 Å². The van der Waals surface area contributed by atoms with Crippen LogP contribution >= 0.6 is 0 Å². The summed E-state index contributed by atoms with van der Waals surface area (Å²) in [5.74, 6) is -1.74. The van der Waals surface area contributed by atoms with Crippen molar-refractivity contribution in [2.45, 2.75) is 32.6 Å². The third-order valence-electron chi connectivity index (χ3n) is 2.71. The minimum absolute atomic E-state index is 0.226. The van der Waals surface area contributed by atoms with E-state index in [1.165, 1.54) is 0 Å². The van der Waals surface area contributed by atoms with E-state index in [0.29, 0.717) is 12.3 Å². The van der Waals surface area contributed by atoms with Crippen LogP contribution in [0.2, 0.25) is 0 Å². The number of hydrogen-bond donors (Lipinski definition) is 1. The molecule has 1 aliphatic rings. The second kappa shape index (κ2) is 3.70. The van der Waals surface area contributed by atoms with Gasteiger partial charge in [0.2, 0.25) is 5.78 Å². The number of rotatable bonds is 4. The molecule has 3 nitrogen and oxygen atoms in total. The number of Topliss-reactive ketones (excluding diaryl/α,β-unsaturated/α-hetero) is 1. The average Bonchev–Trinajstić information content (AvgIpc) is 1.94. The third-order valence-corrected chi connectivity index (χ3v) is 2.71. The van der Waals surface area contributed by atoms with Crippen molar-refractivity contribution < 1.29 is 14.7 Å². The Morgan fingerprint density at radius 1 is 1.50 bits per heavy atom. The minimum Gasteiger partial charge on any atom is -0.475 e. The zero-order valence-electron chi connectivity index (χ0n) is 7.25. The van der Waals surface area contributed by atoms with Crippen LogP contribution in [0.4, 0.5) is 0 Å². The molecule has 0 radical (unpaired) electrons. The predicted octanol–water partition coefficient (Wildman–Crippen LogP) is 1.47. The Hall–Kier alpha value is -0.860. The molecule has 0 bridgehead atoms. The van der Waals surface area contributed by atoms with Crippen LogP contribution in [-0.4, -0.2) is 16.9 Å². The first-order chi connectivity index (χ1) is 5.66. The lowest BCUT2D eigenvalue weighted by atomic mass is 9.73. The van der Waals surface area contributed by atoms with Crippen LogP contribution in [0, 0.1) is 11.8 Å². The first-order valence-corrected chi connectivity index (χ1v) is 4.44. The van der Waals surface area contributed by atoms with Crippen molar-refractivity contribution in [2.75, 3.05) is 0 Å². The first-order valence-electron chi connectivity index (χ1n) is 4.44. The fourth-order valence-corrected chi connectivity index (χ4v) is 1.73. The summed E-state index contributed by atoms with van der Waals surface area (Å²) in [6, 6.07) is 0. The van der Waals surface area contributed by atoms with Crippen molar-refractivity contribution >= 4 is 11.8 Å². The molecule has 0 heterocycles. The highest BCUT2D eigenvalue weighted by Crippen LogP contribution is 2.35. The fraction of sp³-hybridized carbons (Fsp3) is 0.778. The van der Waals surface area contributed by atoms with Gasteiger partial charge in [0.15, 0.2) is 0 Å². The number of carboxylic acid groups (broad SMARTS) is 1. The molecular weight excluding hydrogens is 156 g/mol. The number of carbonyl (C=O) groups excluding carboxylic acids is 1. The molecule has 0 aromatic rings. The van der Waals surface area contributed by atoms with Gasteiger partial charge in [-0.15, -0.1) is 0 Å². The van der Waals surface area contributed by atoms with Gasteiger partial charge >= 0.3 is 5.97 Å². The highest BCUT2D eigenvalue weighted by molar-refractivity contribution is 6.33. The van der Waals surface area contributed by atoms with Gasteiger partial charge in [-0.25, -0.2) is 4.79 Å². The van der Waals surface area contributed by atoms with E-state index in [1.807, 2.05) is 6.92 Å². The average molecular weight is 170 g/mol. The van der Waals surface area contributed by atoms with Gasteiger partial charge in [-0.3, -0.25) is 4.79 Å². The molecule has 0 spiro atoms. The Labute approximate surface area is 71.8 Å². The molecule has 0 amide bonds. The van der Waals surface area contributed by atoms with Gasteiger partial charge in [-0.05, 0) is 25.2 Å². The molecule has 1 saturated carbocycles. The van der Waals surface area contributed by atoms with Crippen molar-refractivity contribution in [3.05, 3.63) is 0 Å². The monoisotopic (exact) mass is 170 g/mol. The van der Waals surface area contributed by atoms with Crippen LogP contribution in [0.15, 0.2) is 0 Å². The summed E-state index contributed by atoms with van der Waals surface area (Å²) in [5, 5.41) is 8.50. The molecule has 0 aromatic heterocycles. The van der Waals surface area contributed by atoms with Crippen LogP contribution in [0.1, 0.15) is 32.6 Å². The van der Waals surface area contributed by atoms with E-state index in [2.05, 4.69) is 0 Å². The molecule has 1 atom stereocenters. The predicted molar refractivity (Wildman–Crippen MR) is 43.8 cm³/mol. The second-order valence-corrected chi connectivity index (χ2v) is 3.38. The van der Waals surface area contributed by atoms with Gasteiger partial charge in [-0.2, -0.15) is 0 Å². The molecule has 3 heteroatoms. The Morgan fingerprint density at radius 3 is 2.33 bits per heavy atom. The van der Waals surface area contributed by atoms with E-state index >= 15 is 0 Å². The van der Waals surface area contributed by atoms with Crippen molar-refractivity contribution in [2.24, 2.45) is 11.8 Å². The van der Waals surface area contributed by atoms with Gasteiger partial charge in [0.1, 0.15) is 0 Å². The highest BCUT2D eigenvalue weighted by atomic mass is 16.4. The molecule has 12 heavy (non-hydrogen) atoms. The maximum absolute atomic E-state index is 11.1. The van der Waals surface area contributed by atoms with Crippen LogP contribution in [-0.2, 0) is 9.59 Å². The maximum Gasteiger partial charge on any atom is 0.372 e. The maximum atomic E-state index is 11.1. The van der Waals surface area contributed by atoms with Gasteiger partial charge in [0, 0.05) is 5.92 Å². The lowest BCUT2D eigenvalue weighted by Gasteiger charge is -2.31. The molecule has 1 aliphatic carbocycles. The van der Waals surface area contributed by atoms with Gasteiger partial charge in [0.25, 0.3) is 0 Å². The van der Waals surface area contributed by atoms with E-state index in [0.717, 1.165) is 19.3 Å². The van der Waals surface area contributed by atoms with E-state index < -0.39 is 11.8 Å². The van der Waals surface area contributed by atoms with Crippen molar-refractivity contribution in [1.29, 1.82) is 0 Å². The third kappa shape index (κ3) is 1.65. The van der Waals surface area contributed by atoms with E-state index in [-0.39, 0.29) is 5.92 Å². The van der Waals surface area contributed by atoms with E-state index in [4.69, 9.17) is 5.11 Å². The normalized spacial score (nSPS) is 19.8. The van der Waals surface area contributed by atoms with Gasteiger partial charge in [0.05, 0.1) is 0 Å². The van der Waals surface area contributed by atoms with Crippen LogP contribution < -0.4 is 0 Å². The molecule has 0 aliphatic heterocycles. The summed E-state index contributed by atoms with van der Waals surface area (Å²) in [4.78, 5) is 21.5. The quantitative estimate of drug-likeness (QED) is 0.650. The van der Waals surface area contributed by atoms with Gasteiger partial charge < -0.3 is 5.11 Å². The fourth-order valence-electron chi connectivity index (χ4n) is 1.73. The molecule has 1 rings (SSSR count). The SMILES string of the molecule is CCC(C(=O)C(=O)O)C1CCC1. The Balaban J connectivity index is 2.54. The lowest BCUT2D eigenvalue weighted by molar-refractivity contribution is -0.152. The van der Waals surface area contributed by atoms with Crippen LogP contribution in [0.25, 0.3) is 0 Å². The van der Waals surface area contributed by atoms with Crippen LogP contribution in [0.3, 0.4) is 0 Å². The number of carbonyl (C=O) groups is 2. The molecular formula is C9H14O3. The highest BCUT2D eigenvalue weighted by Gasteiger charge is 2.34. The first kappa shape index (κ1) is 9.23. The number of carboxylic acids is 1. The zero-order chi connectivity index (χ0) is 9.14. The summed E-state index contributed by atoms with van der Waals surface area (Å²) >= 11 is 0. The van der Waals surface area contributed by atoms with Crippen LogP contribution in [0.5, 0.6) is 0 Å². The molecule has 1 N–H and O–H groups in total. The second-order valence-electron chi connectivity index (χ2n) is 3.38. The number of aliphatic carboxylic acids is 1. The zero-order valence-corrected chi connectivity index (χ0v) is 7.25.